The molecule has 0 fully saturated rings. The zero-order chi connectivity index (χ0) is 11.7. The van der Waals surface area contributed by atoms with Crippen LogP contribution in [-0.4, -0.2) is 76.9 Å². The molecule has 1 heterocycles. The van der Waals surface area contributed by atoms with Gasteiger partial charge >= 0.3 is 51.4 Å². The Morgan fingerprint density at radius 2 is 1.94 bits per heavy atom. The Morgan fingerprint density at radius 3 is 2.29 bits per heavy atom. The average molecular weight is 322 g/mol. The standard InChI is InChI=1S/C7H8N2OS.CH3NOS.ClH.K.H/c10-7(11)9-5-6-2-1-3-8-4-6;2-1(3)4;;;/h1-4H,5H2,(H2,9,10,11);(H3,2,3,4);1H;;. The van der Waals surface area contributed by atoms with E-state index in [1.165, 1.54) is 0 Å². The van der Waals surface area contributed by atoms with Gasteiger partial charge in [-0.15, -0.1) is 12.4 Å². The first-order valence-electron chi connectivity index (χ1n) is 3.86. The van der Waals surface area contributed by atoms with Crippen molar-refractivity contribution in [2.24, 2.45) is 5.73 Å². The van der Waals surface area contributed by atoms with Gasteiger partial charge in [0.25, 0.3) is 10.3 Å². The van der Waals surface area contributed by atoms with Crippen LogP contribution in [0, 0.1) is 0 Å². The molecule has 5 nitrogen and oxygen atoms in total. The van der Waals surface area contributed by atoms with Gasteiger partial charge in [-0.2, -0.15) is 0 Å². The van der Waals surface area contributed by atoms with Crippen LogP contribution in [-0.2, 0) is 6.54 Å². The number of thiocarbonyl (C=S) groups is 2. The monoisotopic (exact) mass is 321 g/mol. The number of aromatic nitrogens is 1. The molecule has 0 saturated carbocycles. The number of hydrogen-bond donors (Lipinski definition) is 4. The topological polar surface area (TPSA) is 91.4 Å². The van der Waals surface area contributed by atoms with Crippen molar-refractivity contribution in [1.29, 1.82) is 0 Å². The fourth-order valence-corrected chi connectivity index (χ4v) is 0.753. The van der Waals surface area contributed by atoms with Crippen molar-refractivity contribution in [1.82, 2.24) is 10.3 Å². The molecule has 0 bridgehead atoms. The number of hydrogen-bond acceptors (Lipinski definition) is 3. The van der Waals surface area contributed by atoms with Crippen LogP contribution in [0.4, 0.5) is 0 Å². The Balaban J connectivity index is -0.000000289. The van der Waals surface area contributed by atoms with Gasteiger partial charge < -0.3 is 21.3 Å². The molecule has 0 unspecified atom stereocenters. The Morgan fingerprint density at radius 1 is 1.41 bits per heavy atom. The second-order valence-corrected chi connectivity index (χ2v) is 3.16. The van der Waals surface area contributed by atoms with E-state index in [2.05, 4.69) is 40.5 Å². The van der Waals surface area contributed by atoms with Crippen molar-refractivity contribution < 1.29 is 10.2 Å². The van der Waals surface area contributed by atoms with Gasteiger partial charge in [-0.1, -0.05) is 6.07 Å². The van der Waals surface area contributed by atoms with Crippen molar-refractivity contribution in [3.63, 3.8) is 0 Å². The number of nitrogens with zero attached hydrogens (tertiary/aromatic N) is 1. The minimum absolute atomic E-state index is 0. The van der Waals surface area contributed by atoms with E-state index >= 15 is 0 Å². The van der Waals surface area contributed by atoms with Crippen molar-refractivity contribution in [2.45, 2.75) is 6.54 Å². The third kappa shape index (κ3) is 19.0. The fraction of sp³-hybridized carbons (Fsp3) is 0.125. The summed E-state index contributed by atoms with van der Waals surface area (Å²) in [4.78, 5) is 3.90. The van der Waals surface area contributed by atoms with Gasteiger partial charge in [0.15, 0.2) is 0 Å². The Kier molecular flexibility index (Phi) is 19.3. The zero-order valence-electron chi connectivity index (χ0n) is 8.16. The van der Waals surface area contributed by atoms with E-state index in [1.54, 1.807) is 12.4 Å². The van der Waals surface area contributed by atoms with Crippen LogP contribution >= 0.6 is 36.8 Å². The molecule has 1 rings (SSSR count). The quantitative estimate of drug-likeness (QED) is 0.468. The summed E-state index contributed by atoms with van der Waals surface area (Å²) >= 11 is 8.29. The molecule has 0 aliphatic heterocycles. The van der Waals surface area contributed by atoms with Crippen LogP contribution in [0.1, 0.15) is 5.56 Å². The maximum atomic E-state index is 8.61. The summed E-state index contributed by atoms with van der Waals surface area (Å²) in [6.07, 6.45) is 3.41. The summed E-state index contributed by atoms with van der Waals surface area (Å²) in [5.41, 5.74) is 5.39. The number of halogens is 1. The van der Waals surface area contributed by atoms with Crippen LogP contribution in [0.3, 0.4) is 0 Å². The van der Waals surface area contributed by atoms with E-state index in [-0.39, 0.29) is 69.0 Å². The summed E-state index contributed by atoms with van der Waals surface area (Å²) in [6.45, 7) is 0.517. The van der Waals surface area contributed by atoms with E-state index in [4.69, 9.17) is 10.2 Å². The number of nitrogens with two attached hydrogens (primary N) is 1. The summed E-state index contributed by atoms with van der Waals surface area (Å²) < 4.78 is 0. The van der Waals surface area contributed by atoms with Gasteiger partial charge in [0, 0.05) is 18.9 Å². The number of aliphatic hydroxyl groups excluding tert-OH is 2. The van der Waals surface area contributed by atoms with E-state index in [0.29, 0.717) is 6.54 Å². The molecule has 0 saturated heterocycles. The Hall–Kier alpha value is 0.456. The van der Waals surface area contributed by atoms with Crippen molar-refractivity contribution in [2.75, 3.05) is 0 Å². The molecule has 5 N–H and O–H groups in total. The Bertz CT molecular complexity index is 326. The maximum absolute atomic E-state index is 8.61. The SMILES string of the molecule is Cl.NC(O)=S.OC(=S)NCc1cccnc1.[KH]. The number of nitrogens with one attached hydrogen (secondary N) is 1. The van der Waals surface area contributed by atoms with Crippen LogP contribution in [0.15, 0.2) is 24.5 Å². The average Bonchev–Trinajstić information content (AvgIpc) is 2.15. The van der Waals surface area contributed by atoms with E-state index in [0.717, 1.165) is 5.56 Å². The summed E-state index contributed by atoms with van der Waals surface area (Å²) in [7, 11) is 0. The fourth-order valence-electron chi connectivity index (χ4n) is 0.680. The van der Waals surface area contributed by atoms with E-state index in [9.17, 15) is 0 Å². The molecule has 1 aromatic rings. The van der Waals surface area contributed by atoms with Crippen LogP contribution in [0.25, 0.3) is 0 Å². The summed E-state index contributed by atoms with van der Waals surface area (Å²) in [5, 5.41) is 18.1. The van der Waals surface area contributed by atoms with Crippen molar-refractivity contribution >= 4 is 98.6 Å². The first-order valence-corrected chi connectivity index (χ1v) is 4.68. The number of pyridine rings is 1. The predicted molar refractivity (Wildman–Crippen MR) is 80.1 cm³/mol. The molecular formula is C8H13ClKN3O2S2. The second-order valence-electron chi connectivity index (χ2n) is 2.36. The molecule has 0 spiro atoms. The van der Waals surface area contributed by atoms with Gasteiger partial charge in [-0.3, -0.25) is 4.98 Å². The minimum atomic E-state index is -0.500. The molecular weight excluding hydrogens is 309 g/mol. The molecule has 17 heavy (non-hydrogen) atoms. The van der Waals surface area contributed by atoms with Crippen LogP contribution in [0.5, 0.6) is 0 Å². The zero-order valence-corrected chi connectivity index (χ0v) is 10.6. The van der Waals surface area contributed by atoms with Gasteiger partial charge in [-0.25, -0.2) is 0 Å². The normalized spacial score (nSPS) is 7.29. The number of aliphatic hydroxyl groups is 2. The predicted octanol–water partition coefficient (Wildman–Crippen LogP) is 0.575. The van der Waals surface area contributed by atoms with E-state index in [1.807, 2.05) is 12.1 Å². The molecule has 0 amide bonds. The first-order chi connectivity index (χ1) is 7.02. The molecule has 0 atom stereocenters. The van der Waals surface area contributed by atoms with Crippen molar-refractivity contribution in [3.8, 4) is 0 Å². The van der Waals surface area contributed by atoms with E-state index < -0.39 is 5.17 Å². The second kappa shape index (κ2) is 14.5. The molecule has 0 aliphatic carbocycles. The summed E-state index contributed by atoms with van der Waals surface area (Å²) in [5.74, 6) is 0. The van der Waals surface area contributed by atoms with Gasteiger partial charge in [-0.05, 0) is 36.1 Å². The van der Waals surface area contributed by atoms with Gasteiger partial charge in [0.1, 0.15) is 0 Å². The molecule has 0 aromatic carbocycles. The van der Waals surface area contributed by atoms with Crippen molar-refractivity contribution in [3.05, 3.63) is 30.1 Å². The third-order valence-corrected chi connectivity index (χ3v) is 1.31. The first kappa shape index (κ1) is 22.6. The number of rotatable bonds is 2. The summed E-state index contributed by atoms with van der Waals surface area (Å²) in [6, 6.07) is 3.73. The Labute approximate surface area is 159 Å². The van der Waals surface area contributed by atoms with Gasteiger partial charge in [0.2, 0.25) is 0 Å². The molecule has 92 valence electrons. The third-order valence-electron chi connectivity index (χ3n) is 1.17. The van der Waals surface area contributed by atoms with Gasteiger partial charge in [0.05, 0.1) is 0 Å². The molecule has 1 aromatic heterocycles. The molecule has 0 aliphatic rings. The molecule has 9 heteroatoms. The van der Waals surface area contributed by atoms with Crippen LogP contribution < -0.4 is 11.1 Å². The molecule has 0 radical (unpaired) electrons. The van der Waals surface area contributed by atoms with Crippen LogP contribution in [0.2, 0.25) is 0 Å².